The number of carbonyl (C=O) groups is 1. The van der Waals surface area contributed by atoms with E-state index in [4.69, 9.17) is 0 Å². The molecule has 0 saturated heterocycles. The number of anilines is 3. The Hall–Kier alpha value is -3.79. The minimum absolute atomic E-state index is 0.144. The standard InChI is InChI=1S/C23H16F4N4OS/c1-13-5-6-15(21(32)29-17-4-2-3-16(20(17)24)23(25,26)27)11-18(13)30-22-31-19(12-33-22)14-7-9-28-10-8-14/h2-12H,1H3,(H,29,32)(H,30,31). The first-order valence-electron chi connectivity index (χ1n) is 9.63. The summed E-state index contributed by atoms with van der Waals surface area (Å²) in [6, 6.07) is 11.1. The molecule has 0 saturated carbocycles. The van der Waals surface area contributed by atoms with Crippen molar-refractivity contribution in [3.8, 4) is 11.3 Å². The summed E-state index contributed by atoms with van der Waals surface area (Å²) in [6.07, 6.45) is -1.53. The Bertz CT molecular complexity index is 1310. The van der Waals surface area contributed by atoms with Gasteiger partial charge in [0.25, 0.3) is 5.91 Å². The summed E-state index contributed by atoms with van der Waals surface area (Å²) in [5.41, 5.74) is 1.22. The molecule has 0 fully saturated rings. The summed E-state index contributed by atoms with van der Waals surface area (Å²) in [6.45, 7) is 1.83. The highest BCUT2D eigenvalue weighted by Crippen LogP contribution is 2.34. The molecule has 1 amide bonds. The summed E-state index contributed by atoms with van der Waals surface area (Å²) >= 11 is 1.37. The van der Waals surface area contributed by atoms with Crippen molar-refractivity contribution in [2.75, 3.05) is 10.6 Å². The molecule has 2 heterocycles. The molecule has 0 unspecified atom stereocenters. The largest absolute Gasteiger partial charge is 0.419 e. The van der Waals surface area contributed by atoms with Crippen molar-refractivity contribution in [2.24, 2.45) is 0 Å². The van der Waals surface area contributed by atoms with Crippen molar-refractivity contribution >= 4 is 33.8 Å². The van der Waals surface area contributed by atoms with Gasteiger partial charge in [0.2, 0.25) is 0 Å². The molecule has 0 spiro atoms. The number of benzene rings is 2. The van der Waals surface area contributed by atoms with E-state index in [1.807, 2.05) is 24.4 Å². The van der Waals surface area contributed by atoms with E-state index >= 15 is 0 Å². The average Bonchev–Trinajstić information content (AvgIpc) is 3.25. The molecule has 0 aliphatic carbocycles. The number of aryl methyl sites for hydroxylation is 1. The van der Waals surface area contributed by atoms with Gasteiger partial charge in [-0.2, -0.15) is 13.2 Å². The minimum Gasteiger partial charge on any atom is -0.331 e. The monoisotopic (exact) mass is 472 g/mol. The third kappa shape index (κ3) is 5.01. The number of hydrogen-bond acceptors (Lipinski definition) is 5. The van der Waals surface area contributed by atoms with E-state index in [1.54, 1.807) is 18.5 Å². The van der Waals surface area contributed by atoms with E-state index in [2.05, 4.69) is 20.6 Å². The molecule has 0 radical (unpaired) electrons. The van der Waals surface area contributed by atoms with Crippen LogP contribution in [0, 0.1) is 12.7 Å². The topological polar surface area (TPSA) is 66.9 Å². The second-order valence-corrected chi connectivity index (χ2v) is 7.91. The van der Waals surface area contributed by atoms with E-state index in [0.717, 1.165) is 29.0 Å². The lowest BCUT2D eigenvalue weighted by Crippen LogP contribution is -2.16. The lowest BCUT2D eigenvalue weighted by molar-refractivity contribution is -0.139. The maximum Gasteiger partial charge on any atom is 0.419 e. The van der Waals surface area contributed by atoms with Gasteiger partial charge in [0.15, 0.2) is 10.9 Å². The summed E-state index contributed by atoms with van der Waals surface area (Å²) in [4.78, 5) is 21.1. The zero-order valence-corrected chi connectivity index (χ0v) is 17.9. The highest BCUT2D eigenvalue weighted by Gasteiger charge is 2.35. The quantitative estimate of drug-likeness (QED) is 0.319. The van der Waals surface area contributed by atoms with Crippen LogP contribution in [0.4, 0.5) is 34.1 Å². The Morgan fingerprint density at radius 1 is 1.03 bits per heavy atom. The Balaban J connectivity index is 1.54. The number of nitrogens with one attached hydrogen (secondary N) is 2. The Morgan fingerprint density at radius 2 is 1.79 bits per heavy atom. The molecule has 33 heavy (non-hydrogen) atoms. The van der Waals surface area contributed by atoms with Crippen LogP contribution < -0.4 is 10.6 Å². The molecule has 4 rings (SSSR count). The first kappa shape index (κ1) is 22.4. The fourth-order valence-corrected chi connectivity index (χ4v) is 3.77. The molecule has 2 aromatic heterocycles. The van der Waals surface area contributed by atoms with E-state index in [1.165, 1.54) is 23.5 Å². The second kappa shape index (κ2) is 8.99. The SMILES string of the molecule is Cc1ccc(C(=O)Nc2cccc(C(F)(F)F)c2F)cc1Nc1nc(-c2ccncc2)cs1. The Labute approximate surface area is 190 Å². The fourth-order valence-electron chi connectivity index (χ4n) is 3.04. The van der Waals surface area contributed by atoms with Crippen LogP contribution in [0.25, 0.3) is 11.3 Å². The van der Waals surface area contributed by atoms with Crippen LogP contribution in [-0.2, 0) is 6.18 Å². The molecular weight excluding hydrogens is 456 g/mol. The molecule has 0 bridgehead atoms. The lowest BCUT2D eigenvalue weighted by Gasteiger charge is -2.13. The number of aromatic nitrogens is 2. The number of hydrogen-bond donors (Lipinski definition) is 2. The van der Waals surface area contributed by atoms with Crippen LogP contribution in [0.3, 0.4) is 0 Å². The van der Waals surface area contributed by atoms with Crippen molar-refractivity contribution in [3.05, 3.63) is 88.8 Å². The van der Waals surface area contributed by atoms with E-state index in [9.17, 15) is 22.4 Å². The van der Waals surface area contributed by atoms with Gasteiger partial charge in [-0.1, -0.05) is 12.1 Å². The van der Waals surface area contributed by atoms with Crippen molar-refractivity contribution in [3.63, 3.8) is 0 Å². The van der Waals surface area contributed by atoms with Crippen LogP contribution >= 0.6 is 11.3 Å². The van der Waals surface area contributed by atoms with Crippen molar-refractivity contribution in [2.45, 2.75) is 13.1 Å². The van der Waals surface area contributed by atoms with Crippen molar-refractivity contribution in [1.29, 1.82) is 0 Å². The molecule has 2 N–H and O–H groups in total. The average molecular weight is 472 g/mol. The smallest absolute Gasteiger partial charge is 0.331 e. The molecule has 2 aromatic carbocycles. The predicted octanol–water partition coefficient (Wildman–Crippen LogP) is 6.67. The molecule has 0 aliphatic rings. The highest BCUT2D eigenvalue weighted by atomic mass is 32.1. The van der Waals surface area contributed by atoms with E-state index in [0.29, 0.717) is 16.9 Å². The van der Waals surface area contributed by atoms with Crippen LogP contribution in [0.2, 0.25) is 0 Å². The number of carbonyl (C=O) groups excluding carboxylic acids is 1. The summed E-state index contributed by atoms with van der Waals surface area (Å²) in [5.74, 6) is -2.27. The zero-order valence-electron chi connectivity index (χ0n) is 17.1. The lowest BCUT2D eigenvalue weighted by atomic mass is 10.1. The highest BCUT2D eigenvalue weighted by molar-refractivity contribution is 7.14. The molecule has 0 aliphatic heterocycles. The summed E-state index contributed by atoms with van der Waals surface area (Å²) < 4.78 is 53.1. The fraction of sp³-hybridized carbons (Fsp3) is 0.0870. The third-order valence-electron chi connectivity index (χ3n) is 4.77. The van der Waals surface area contributed by atoms with E-state index < -0.39 is 29.2 Å². The second-order valence-electron chi connectivity index (χ2n) is 7.05. The first-order chi connectivity index (χ1) is 15.7. The van der Waals surface area contributed by atoms with Gasteiger partial charge in [-0.15, -0.1) is 11.3 Å². The number of rotatable bonds is 5. The van der Waals surface area contributed by atoms with Gasteiger partial charge in [0.1, 0.15) is 0 Å². The van der Waals surface area contributed by atoms with Crippen molar-refractivity contribution in [1.82, 2.24) is 9.97 Å². The first-order valence-corrected chi connectivity index (χ1v) is 10.5. The van der Waals surface area contributed by atoms with Gasteiger partial charge in [-0.25, -0.2) is 9.37 Å². The zero-order chi connectivity index (χ0) is 23.6. The number of pyridine rings is 1. The van der Waals surface area contributed by atoms with Gasteiger partial charge in [0.05, 0.1) is 16.9 Å². The molecule has 5 nitrogen and oxygen atoms in total. The number of nitrogens with zero attached hydrogens (tertiary/aromatic N) is 2. The maximum atomic E-state index is 14.3. The number of amides is 1. The number of thiazole rings is 1. The van der Waals surface area contributed by atoms with Gasteiger partial charge in [0, 0.05) is 34.6 Å². The normalized spacial score (nSPS) is 11.3. The van der Waals surface area contributed by atoms with Gasteiger partial charge < -0.3 is 10.6 Å². The third-order valence-corrected chi connectivity index (χ3v) is 5.53. The van der Waals surface area contributed by atoms with Gasteiger partial charge >= 0.3 is 6.18 Å². The van der Waals surface area contributed by atoms with Gasteiger partial charge in [-0.3, -0.25) is 9.78 Å². The summed E-state index contributed by atoms with van der Waals surface area (Å²) in [5, 5.41) is 7.83. The molecule has 10 heteroatoms. The van der Waals surface area contributed by atoms with E-state index in [-0.39, 0.29) is 5.56 Å². The van der Waals surface area contributed by atoms with Crippen LogP contribution in [-0.4, -0.2) is 15.9 Å². The molecular formula is C23H16F4N4OS. The molecule has 0 atom stereocenters. The number of alkyl halides is 3. The van der Waals surface area contributed by atoms with Crippen LogP contribution in [0.1, 0.15) is 21.5 Å². The number of halogens is 4. The molecule has 4 aromatic rings. The Kier molecular flexibility index (Phi) is 6.10. The van der Waals surface area contributed by atoms with Crippen LogP contribution in [0.5, 0.6) is 0 Å². The maximum absolute atomic E-state index is 14.3. The Morgan fingerprint density at radius 3 is 2.52 bits per heavy atom. The van der Waals surface area contributed by atoms with Crippen LogP contribution in [0.15, 0.2) is 66.3 Å². The van der Waals surface area contributed by atoms with Crippen molar-refractivity contribution < 1.29 is 22.4 Å². The minimum atomic E-state index is -4.87. The van der Waals surface area contributed by atoms with Gasteiger partial charge in [-0.05, 0) is 48.9 Å². The molecule has 168 valence electrons. The predicted molar refractivity (Wildman–Crippen MR) is 119 cm³/mol. The summed E-state index contributed by atoms with van der Waals surface area (Å²) in [7, 11) is 0.